The van der Waals surface area contributed by atoms with Gasteiger partial charge in [0.05, 0.1) is 0 Å². The molecular weight excluding hydrogens is 134 g/mol. The van der Waals surface area contributed by atoms with Crippen LogP contribution in [0.5, 0.6) is 0 Å². The zero-order chi connectivity index (χ0) is 8.27. The van der Waals surface area contributed by atoms with Crippen LogP contribution in [0.3, 0.4) is 0 Å². The van der Waals surface area contributed by atoms with E-state index in [4.69, 9.17) is 5.73 Å². The first-order valence-electron chi connectivity index (χ1n) is 3.85. The van der Waals surface area contributed by atoms with E-state index >= 15 is 0 Å². The molecular formula is C10H14N. The lowest BCUT2D eigenvalue weighted by Crippen LogP contribution is -2.12. The van der Waals surface area contributed by atoms with E-state index in [1.54, 1.807) is 0 Å². The van der Waals surface area contributed by atoms with Crippen molar-refractivity contribution in [3.05, 3.63) is 41.9 Å². The highest BCUT2D eigenvalue weighted by atomic mass is 14.6. The molecule has 0 aromatic heterocycles. The fraction of sp³-hybridized carbons (Fsp3) is 0.300. The molecule has 1 rings (SSSR count). The maximum Gasteiger partial charge on any atom is 0.0378 e. The summed E-state index contributed by atoms with van der Waals surface area (Å²) in [5.41, 5.74) is 6.97. The molecule has 2 N–H and O–H groups in total. The predicted molar refractivity (Wildman–Crippen MR) is 48.0 cm³/mol. The summed E-state index contributed by atoms with van der Waals surface area (Å²) in [7, 11) is 0. The zero-order valence-corrected chi connectivity index (χ0v) is 7.04. The predicted octanol–water partition coefficient (Wildman–Crippen LogP) is 2.30. The van der Waals surface area contributed by atoms with Gasteiger partial charge in [-0.05, 0) is 12.5 Å². The van der Waals surface area contributed by atoms with E-state index in [0.717, 1.165) is 6.04 Å². The van der Waals surface area contributed by atoms with Crippen LogP contribution in [0.1, 0.15) is 25.3 Å². The fourth-order valence-electron chi connectivity index (χ4n) is 1.00. The molecule has 0 saturated heterocycles. The molecule has 1 heteroatoms. The second kappa shape index (κ2) is 3.54. The van der Waals surface area contributed by atoms with Crippen LogP contribution in [0.4, 0.5) is 0 Å². The average Bonchev–Trinajstić information content (AvgIpc) is 2.05. The molecule has 1 radical (unpaired) electrons. The molecule has 0 aliphatic rings. The lowest BCUT2D eigenvalue weighted by molar-refractivity contribution is 0.754. The van der Waals surface area contributed by atoms with Crippen molar-refractivity contribution in [2.45, 2.75) is 19.8 Å². The molecule has 0 fully saturated rings. The Labute approximate surface area is 68.2 Å². The summed E-state index contributed by atoms with van der Waals surface area (Å²) in [4.78, 5) is 0. The van der Waals surface area contributed by atoms with E-state index in [0.29, 0.717) is 5.92 Å². The summed E-state index contributed by atoms with van der Waals surface area (Å²) in [6.07, 6.45) is 0. The van der Waals surface area contributed by atoms with Crippen molar-refractivity contribution in [2.75, 3.05) is 0 Å². The molecule has 0 spiro atoms. The normalized spacial score (nSPS) is 13.5. The van der Waals surface area contributed by atoms with Crippen LogP contribution in [0.2, 0.25) is 0 Å². The Morgan fingerprint density at radius 3 is 2.27 bits per heavy atom. The van der Waals surface area contributed by atoms with Crippen molar-refractivity contribution >= 4 is 0 Å². The molecule has 59 valence electrons. The smallest absolute Gasteiger partial charge is 0.0378 e. The number of hydrogen-bond donors (Lipinski definition) is 1. The molecule has 0 aliphatic heterocycles. The maximum atomic E-state index is 5.68. The summed E-state index contributed by atoms with van der Waals surface area (Å²) in [6, 6.07) is 11.3. The largest absolute Gasteiger partial charge is 0.323 e. The number of rotatable bonds is 2. The van der Waals surface area contributed by atoms with Crippen LogP contribution in [-0.2, 0) is 0 Å². The molecule has 1 unspecified atom stereocenters. The van der Waals surface area contributed by atoms with Gasteiger partial charge in [-0.2, -0.15) is 0 Å². The molecule has 0 amide bonds. The van der Waals surface area contributed by atoms with Crippen LogP contribution in [-0.4, -0.2) is 0 Å². The quantitative estimate of drug-likeness (QED) is 0.684. The van der Waals surface area contributed by atoms with Gasteiger partial charge in [0.2, 0.25) is 0 Å². The Balaban J connectivity index is 2.77. The second-order valence-electron chi connectivity index (χ2n) is 2.88. The molecule has 1 atom stereocenters. The van der Waals surface area contributed by atoms with Gasteiger partial charge in [-0.1, -0.05) is 37.3 Å². The van der Waals surface area contributed by atoms with Crippen molar-refractivity contribution in [3.8, 4) is 0 Å². The molecule has 1 aromatic carbocycles. The van der Waals surface area contributed by atoms with Gasteiger partial charge in [0.25, 0.3) is 0 Å². The van der Waals surface area contributed by atoms with E-state index in [1.165, 1.54) is 5.56 Å². The van der Waals surface area contributed by atoms with E-state index in [2.05, 4.69) is 19.1 Å². The van der Waals surface area contributed by atoms with Gasteiger partial charge < -0.3 is 5.73 Å². The lowest BCUT2D eigenvalue weighted by Gasteiger charge is -2.14. The second-order valence-corrected chi connectivity index (χ2v) is 2.88. The number of benzene rings is 1. The van der Waals surface area contributed by atoms with Gasteiger partial charge in [0.1, 0.15) is 0 Å². The Kier molecular flexibility index (Phi) is 2.66. The standard InChI is InChI=1S/C10H14N/c1-8(9(2)11)10-6-4-3-5-7-10/h3-8H,11H2,1-2H3. The average molecular weight is 148 g/mol. The summed E-state index contributed by atoms with van der Waals surface area (Å²) in [6.45, 7) is 4.07. The van der Waals surface area contributed by atoms with Crippen LogP contribution >= 0.6 is 0 Å². The van der Waals surface area contributed by atoms with Gasteiger partial charge >= 0.3 is 0 Å². The third-order valence-electron chi connectivity index (χ3n) is 1.98. The highest BCUT2D eigenvalue weighted by Gasteiger charge is 2.09. The Hall–Kier alpha value is -0.820. The Bertz CT molecular complexity index is 203. The zero-order valence-electron chi connectivity index (χ0n) is 7.04. The van der Waals surface area contributed by atoms with Gasteiger partial charge in [-0.25, -0.2) is 0 Å². The van der Waals surface area contributed by atoms with E-state index < -0.39 is 0 Å². The monoisotopic (exact) mass is 148 g/mol. The van der Waals surface area contributed by atoms with E-state index in [1.807, 2.05) is 25.1 Å². The van der Waals surface area contributed by atoms with Crippen molar-refractivity contribution in [1.82, 2.24) is 0 Å². The first-order valence-corrected chi connectivity index (χ1v) is 3.85. The van der Waals surface area contributed by atoms with Gasteiger partial charge in [0.15, 0.2) is 0 Å². The highest BCUT2D eigenvalue weighted by molar-refractivity contribution is 5.22. The van der Waals surface area contributed by atoms with E-state index in [9.17, 15) is 0 Å². The molecule has 0 bridgehead atoms. The molecule has 0 aliphatic carbocycles. The Morgan fingerprint density at radius 2 is 1.82 bits per heavy atom. The van der Waals surface area contributed by atoms with Gasteiger partial charge in [0, 0.05) is 12.0 Å². The van der Waals surface area contributed by atoms with Crippen LogP contribution in [0, 0.1) is 6.04 Å². The van der Waals surface area contributed by atoms with E-state index in [-0.39, 0.29) is 0 Å². The van der Waals surface area contributed by atoms with Gasteiger partial charge in [-0.15, -0.1) is 0 Å². The summed E-state index contributed by atoms with van der Waals surface area (Å²) in [5.74, 6) is 0.371. The molecule has 0 heterocycles. The summed E-state index contributed by atoms with van der Waals surface area (Å²) < 4.78 is 0. The van der Waals surface area contributed by atoms with Gasteiger partial charge in [-0.3, -0.25) is 0 Å². The lowest BCUT2D eigenvalue weighted by atomic mass is 9.95. The summed E-state index contributed by atoms with van der Waals surface area (Å²) >= 11 is 0. The maximum absolute atomic E-state index is 5.68. The first kappa shape index (κ1) is 8.28. The minimum atomic E-state index is 0.371. The molecule has 11 heavy (non-hydrogen) atoms. The topological polar surface area (TPSA) is 26.0 Å². The number of hydrogen-bond acceptors (Lipinski definition) is 1. The third kappa shape index (κ3) is 2.05. The van der Waals surface area contributed by atoms with Crippen molar-refractivity contribution in [2.24, 2.45) is 5.73 Å². The Morgan fingerprint density at radius 1 is 1.27 bits per heavy atom. The SMILES string of the molecule is C[C](N)C(C)c1ccccc1. The van der Waals surface area contributed by atoms with Crippen molar-refractivity contribution < 1.29 is 0 Å². The van der Waals surface area contributed by atoms with Crippen LogP contribution < -0.4 is 5.73 Å². The molecule has 1 aromatic rings. The molecule has 0 saturated carbocycles. The van der Waals surface area contributed by atoms with Crippen molar-refractivity contribution in [3.63, 3.8) is 0 Å². The van der Waals surface area contributed by atoms with Crippen LogP contribution in [0.25, 0.3) is 0 Å². The van der Waals surface area contributed by atoms with Crippen molar-refractivity contribution in [1.29, 1.82) is 0 Å². The highest BCUT2D eigenvalue weighted by Crippen LogP contribution is 2.20. The molecule has 1 nitrogen and oxygen atoms in total. The minimum absolute atomic E-state index is 0.371. The fourth-order valence-corrected chi connectivity index (χ4v) is 1.00. The summed E-state index contributed by atoms with van der Waals surface area (Å²) in [5, 5.41) is 0. The third-order valence-corrected chi connectivity index (χ3v) is 1.98. The van der Waals surface area contributed by atoms with Crippen LogP contribution in [0.15, 0.2) is 30.3 Å². The number of nitrogens with two attached hydrogens (primary N) is 1. The first-order chi connectivity index (χ1) is 5.22. The minimum Gasteiger partial charge on any atom is -0.323 e.